The maximum Gasteiger partial charge on any atom is 0.246 e. The van der Waals surface area contributed by atoms with Gasteiger partial charge in [0.15, 0.2) is 0 Å². The summed E-state index contributed by atoms with van der Waals surface area (Å²) in [4.78, 5) is 25.3. The fourth-order valence-corrected chi connectivity index (χ4v) is 2.78. The molecule has 5 heteroatoms. The predicted octanol–water partition coefficient (Wildman–Crippen LogP) is 2.65. The van der Waals surface area contributed by atoms with Crippen LogP contribution in [0.3, 0.4) is 0 Å². The summed E-state index contributed by atoms with van der Waals surface area (Å²) >= 11 is 0. The largest absolute Gasteiger partial charge is 0.376 e. The van der Waals surface area contributed by atoms with Crippen molar-refractivity contribution in [2.24, 2.45) is 0 Å². The summed E-state index contributed by atoms with van der Waals surface area (Å²) in [6.45, 7) is 2.41. The fourth-order valence-electron chi connectivity index (χ4n) is 2.78. The molecule has 5 nitrogen and oxygen atoms in total. The Kier molecular flexibility index (Phi) is 4.28. The van der Waals surface area contributed by atoms with Gasteiger partial charge in [-0.25, -0.2) is 0 Å². The van der Waals surface area contributed by atoms with E-state index in [1.165, 1.54) is 12.5 Å². The van der Waals surface area contributed by atoms with Crippen molar-refractivity contribution >= 4 is 28.9 Å². The Morgan fingerprint density at radius 3 is 2.70 bits per heavy atom. The van der Waals surface area contributed by atoms with Crippen LogP contribution in [0.5, 0.6) is 0 Å². The van der Waals surface area contributed by atoms with Crippen molar-refractivity contribution in [3.05, 3.63) is 54.1 Å². The van der Waals surface area contributed by atoms with Crippen LogP contribution in [0.2, 0.25) is 0 Å². The molecule has 0 unspecified atom stereocenters. The van der Waals surface area contributed by atoms with Gasteiger partial charge in [-0.05, 0) is 36.2 Å². The molecule has 2 amide bonds. The molecule has 0 radical (unpaired) electrons. The molecule has 0 fully saturated rings. The van der Waals surface area contributed by atoms with Crippen molar-refractivity contribution in [2.75, 3.05) is 28.6 Å². The molecule has 2 aromatic rings. The Bertz CT molecular complexity index is 743. The topological polar surface area (TPSA) is 61.4 Å². The van der Waals surface area contributed by atoms with E-state index in [0.29, 0.717) is 5.69 Å². The first-order valence-electron chi connectivity index (χ1n) is 7.63. The monoisotopic (exact) mass is 309 g/mol. The van der Waals surface area contributed by atoms with E-state index in [4.69, 9.17) is 0 Å². The van der Waals surface area contributed by atoms with Crippen LogP contribution in [0.1, 0.15) is 12.5 Å². The minimum atomic E-state index is -0.119. The SMILES string of the molecule is CC(=O)Nc1cccc(NCC(=O)N2CCc3ccccc32)c1. The predicted molar refractivity (Wildman–Crippen MR) is 91.7 cm³/mol. The lowest BCUT2D eigenvalue weighted by atomic mass is 10.2. The number of fused-ring (bicyclic) bond motifs is 1. The molecule has 0 aliphatic carbocycles. The lowest BCUT2D eigenvalue weighted by Gasteiger charge is -2.18. The quantitative estimate of drug-likeness (QED) is 0.913. The summed E-state index contributed by atoms with van der Waals surface area (Å²) in [5, 5.41) is 5.85. The minimum Gasteiger partial charge on any atom is -0.376 e. The summed E-state index contributed by atoms with van der Waals surface area (Å²) in [5.41, 5.74) is 3.73. The van der Waals surface area contributed by atoms with Crippen LogP contribution in [-0.2, 0) is 16.0 Å². The molecule has 23 heavy (non-hydrogen) atoms. The maximum absolute atomic E-state index is 12.4. The third-order valence-electron chi connectivity index (χ3n) is 3.81. The zero-order valence-corrected chi connectivity index (χ0v) is 13.0. The van der Waals surface area contributed by atoms with Gasteiger partial charge in [0.05, 0.1) is 6.54 Å². The number of carbonyl (C=O) groups excluding carboxylic acids is 2. The van der Waals surface area contributed by atoms with Crippen LogP contribution in [0.4, 0.5) is 17.1 Å². The number of carbonyl (C=O) groups is 2. The number of benzene rings is 2. The number of hydrogen-bond acceptors (Lipinski definition) is 3. The molecule has 2 N–H and O–H groups in total. The van der Waals surface area contributed by atoms with Crippen LogP contribution >= 0.6 is 0 Å². The Morgan fingerprint density at radius 2 is 1.87 bits per heavy atom. The Hall–Kier alpha value is -2.82. The van der Waals surface area contributed by atoms with Gasteiger partial charge in [-0.15, -0.1) is 0 Å². The van der Waals surface area contributed by atoms with E-state index in [9.17, 15) is 9.59 Å². The molecule has 0 saturated carbocycles. The molecule has 0 aromatic heterocycles. The van der Waals surface area contributed by atoms with Gasteiger partial charge < -0.3 is 15.5 Å². The van der Waals surface area contributed by atoms with Crippen LogP contribution < -0.4 is 15.5 Å². The van der Waals surface area contributed by atoms with Crippen LogP contribution in [-0.4, -0.2) is 24.9 Å². The second-order valence-electron chi connectivity index (χ2n) is 5.54. The molecule has 1 aliphatic heterocycles. The summed E-state index contributed by atoms with van der Waals surface area (Å²) in [6, 6.07) is 15.3. The molecule has 3 rings (SSSR count). The Balaban J connectivity index is 1.63. The van der Waals surface area contributed by atoms with Crippen molar-refractivity contribution < 1.29 is 9.59 Å². The van der Waals surface area contributed by atoms with E-state index < -0.39 is 0 Å². The Morgan fingerprint density at radius 1 is 1.09 bits per heavy atom. The van der Waals surface area contributed by atoms with E-state index in [2.05, 4.69) is 16.7 Å². The first-order valence-corrected chi connectivity index (χ1v) is 7.63. The molecule has 0 spiro atoms. The first-order chi connectivity index (χ1) is 11.1. The fraction of sp³-hybridized carbons (Fsp3) is 0.222. The van der Waals surface area contributed by atoms with Crippen molar-refractivity contribution in [3.8, 4) is 0 Å². The van der Waals surface area contributed by atoms with Crippen LogP contribution in [0, 0.1) is 0 Å². The first kappa shape index (κ1) is 15.1. The normalized spacial score (nSPS) is 12.7. The van der Waals surface area contributed by atoms with Gasteiger partial charge in [0, 0.05) is 30.5 Å². The third-order valence-corrected chi connectivity index (χ3v) is 3.81. The molecular formula is C18H19N3O2. The van der Waals surface area contributed by atoms with Gasteiger partial charge in [-0.3, -0.25) is 9.59 Å². The zero-order chi connectivity index (χ0) is 16.2. The molecule has 0 atom stereocenters. The van der Waals surface area contributed by atoms with Crippen LogP contribution in [0.15, 0.2) is 48.5 Å². The summed E-state index contributed by atoms with van der Waals surface area (Å²) in [5.74, 6) is -0.0771. The van der Waals surface area contributed by atoms with Gasteiger partial charge >= 0.3 is 0 Å². The third kappa shape index (κ3) is 3.51. The average Bonchev–Trinajstić information content (AvgIpc) is 2.96. The van der Waals surface area contributed by atoms with Gasteiger partial charge in [-0.1, -0.05) is 24.3 Å². The second kappa shape index (κ2) is 6.52. The summed E-state index contributed by atoms with van der Waals surface area (Å²) in [6.07, 6.45) is 0.903. The van der Waals surface area contributed by atoms with Gasteiger partial charge in [0.2, 0.25) is 11.8 Å². The Labute approximate surface area is 135 Å². The van der Waals surface area contributed by atoms with E-state index >= 15 is 0 Å². The highest BCUT2D eigenvalue weighted by molar-refractivity contribution is 5.98. The van der Waals surface area contributed by atoms with Crippen molar-refractivity contribution in [1.29, 1.82) is 0 Å². The van der Waals surface area contributed by atoms with Gasteiger partial charge in [0.1, 0.15) is 0 Å². The lowest BCUT2D eigenvalue weighted by Crippen LogP contribution is -2.34. The van der Waals surface area contributed by atoms with Crippen LogP contribution in [0.25, 0.3) is 0 Å². The van der Waals surface area contributed by atoms with Crippen molar-refractivity contribution in [3.63, 3.8) is 0 Å². The lowest BCUT2D eigenvalue weighted by molar-refractivity contribution is -0.117. The smallest absolute Gasteiger partial charge is 0.246 e. The minimum absolute atomic E-state index is 0.0416. The molecule has 2 aromatic carbocycles. The number of hydrogen-bond donors (Lipinski definition) is 2. The molecule has 0 saturated heterocycles. The number of nitrogens with one attached hydrogen (secondary N) is 2. The number of anilines is 3. The van der Waals surface area contributed by atoms with E-state index in [1.54, 1.807) is 0 Å². The number of amides is 2. The zero-order valence-electron chi connectivity index (χ0n) is 13.0. The van der Waals surface area contributed by atoms with Crippen molar-refractivity contribution in [2.45, 2.75) is 13.3 Å². The molecule has 1 heterocycles. The molecular weight excluding hydrogens is 290 g/mol. The number of nitrogens with zero attached hydrogens (tertiary/aromatic N) is 1. The number of rotatable bonds is 4. The van der Waals surface area contributed by atoms with E-state index in [-0.39, 0.29) is 18.4 Å². The highest BCUT2D eigenvalue weighted by atomic mass is 16.2. The highest BCUT2D eigenvalue weighted by Gasteiger charge is 2.23. The molecule has 118 valence electrons. The number of para-hydroxylation sites is 1. The van der Waals surface area contributed by atoms with Crippen molar-refractivity contribution in [1.82, 2.24) is 0 Å². The molecule has 0 bridgehead atoms. The maximum atomic E-state index is 12.4. The van der Waals surface area contributed by atoms with E-state index in [1.807, 2.05) is 47.4 Å². The summed E-state index contributed by atoms with van der Waals surface area (Å²) < 4.78 is 0. The molecule has 1 aliphatic rings. The van der Waals surface area contributed by atoms with Gasteiger partial charge in [-0.2, -0.15) is 0 Å². The average molecular weight is 309 g/mol. The van der Waals surface area contributed by atoms with Gasteiger partial charge in [0.25, 0.3) is 0 Å². The second-order valence-corrected chi connectivity index (χ2v) is 5.54. The van der Waals surface area contributed by atoms with E-state index in [0.717, 1.165) is 24.3 Å². The summed E-state index contributed by atoms with van der Waals surface area (Å²) in [7, 11) is 0. The highest BCUT2D eigenvalue weighted by Crippen LogP contribution is 2.27. The standard InChI is InChI=1S/C18H19N3O2/c1-13(22)20-16-7-4-6-15(11-16)19-12-18(23)21-10-9-14-5-2-3-8-17(14)21/h2-8,11,19H,9-10,12H2,1H3,(H,20,22).